The summed E-state index contributed by atoms with van der Waals surface area (Å²) in [5.74, 6) is 0. The summed E-state index contributed by atoms with van der Waals surface area (Å²) in [5.41, 5.74) is 2.83. The molecule has 0 unspecified atom stereocenters. The van der Waals surface area contributed by atoms with Crippen LogP contribution in [0.4, 0.5) is 0 Å². The molecule has 0 radical (unpaired) electrons. The fourth-order valence-corrected chi connectivity index (χ4v) is 17.5. The Hall–Kier alpha value is -3.14. The Balaban J connectivity index is 1.39. The van der Waals surface area contributed by atoms with Crippen molar-refractivity contribution in [2.75, 3.05) is 0 Å². The van der Waals surface area contributed by atoms with Crippen LogP contribution in [-0.2, 0) is 12.3 Å². The van der Waals surface area contributed by atoms with Gasteiger partial charge >= 0.3 is 0 Å². The van der Waals surface area contributed by atoms with Gasteiger partial charge in [0.1, 0.15) is 46.4 Å². The Morgan fingerprint density at radius 2 is 0.479 bits per heavy atom. The fraction of sp³-hybridized carbons (Fsp3) is 0.0455. The molecule has 4 heteroatoms. The zero-order valence-electron chi connectivity index (χ0n) is 26.5. The molecule has 0 aliphatic carbocycles. The van der Waals surface area contributed by atoms with E-state index in [1.807, 2.05) is 0 Å². The van der Waals surface area contributed by atoms with Gasteiger partial charge in [-0.05, 0) is 130 Å². The Morgan fingerprint density at radius 1 is 0.292 bits per heavy atom. The first-order chi connectivity index (χ1) is 23.6. The molecule has 0 aliphatic rings. The van der Waals surface area contributed by atoms with Crippen molar-refractivity contribution in [2.45, 2.75) is 12.3 Å². The molecule has 0 spiro atoms. The fourth-order valence-electron chi connectivity index (χ4n) is 6.92. The zero-order chi connectivity index (χ0) is 32.8. The van der Waals surface area contributed by atoms with Crippen molar-refractivity contribution < 1.29 is 0 Å². The number of benzene rings is 7. The predicted octanol–water partition coefficient (Wildman–Crippen LogP) is 9.88. The zero-order valence-corrected chi connectivity index (χ0v) is 32.6. The second-order valence-electron chi connectivity index (χ2n) is 12.0. The predicted molar refractivity (Wildman–Crippen MR) is 230 cm³/mol. The highest BCUT2D eigenvalue weighted by Crippen LogP contribution is 2.60. The molecule has 0 N–H and O–H groups in total. The molecular formula is C44H36I2P2+2. The number of hydrogen-bond acceptors (Lipinski definition) is 0. The Bertz CT molecular complexity index is 1720. The number of halogens is 2. The van der Waals surface area contributed by atoms with Gasteiger partial charge in [-0.25, -0.2) is 0 Å². The minimum atomic E-state index is -2.02. The lowest BCUT2D eigenvalue weighted by Crippen LogP contribution is -2.33. The normalized spacial score (nSPS) is 11.7. The van der Waals surface area contributed by atoms with Crippen LogP contribution in [0, 0.1) is 7.14 Å². The van der Waals surface area contributed by atoms with Crippen molar-refractivity contribution in [3.63, 3.8) is 0 Å². The Kier molecular flexibility index (Phi) is 10.5. The van der Waals surface area contributed by atoms with Crippen molar-refractivity contribution in [3.05, 3.63) is 212 Å². The molecule has 7 aromatic rings. The van der Waals surface area contributed by atoms with Crippen LogP contribution < -0.4 is 31.8 Å². The number of hydrogen-bond donors (Lipinski definition) is 0. The Morgan fingerprint density at radius 3 is 0.667 bits per heavy atom. The van der Waals surface area contributed by atoms with Crippen molar-refractivity contribution in [2.24, 2.45) is 0 Å². The second kappa shape index (κ2) is 15.2. The quantitative estimate of drug-likeness (QED) is 0.0949. The second-order valence-corrected chi connectivity index (χ2v) is 21.3. The molecule has 0 aromatic heterocycles. The van der Waals surface area contributed by atoms with Gasteiger partial charge in [-0.3, -0.25) is 0 Å². The lowest BCUT2D eigenvalue weighted by molar-refractivity contribution is 1.27. The molecule has 0 saturated carbocycles. The van der Waals surface area contributed by atoms with Gasteiger partial charge in [0.15, 0.2) is 0 Å². The summed E-state index contributed by atoms with van der Waals surface area (Å²) >= 11 is 5.25. The summed E-state index contributed by atoms with van der Waals surface area (Å²) in [7, 11) is -4.05. The first kappa shape index (κ1) is 33.4. The molecule has 0 aliphatic heterocycles. The van der Waals surface area contributed by atoms with Gasteiger partial charge in [0.25, 0.3) is 0 Å². The topological polar surface area (TPSA) is 0 Å². The highest BCUT2D eigenvalue weighted by molar-refractivity contribution is 14.1. The molecule has 0 saturated heterocycles. The summed E-state index contributed by atoms with van der Waals surface area (Å²) in [6.45, 7) is 0. The maximum atomic E-state index is 2.62. The van der Waals surface area contributed by atoms with E-state index in [-0.39, 0.29) is 0 Å². The molecule has 0 nitrogen and oxygen atoms in total. The summed E-state index contributed by atoms with van der Waals surface area (Å²) in [6, 6.07) is 72.4. The van der Waals surface area contributed by atoms with Crippen LogP contribution in [0.15, 0.2) is 194 Å². The molecule has 0 atom stereocenters. The van der Waals surface area contributed by atoms with Gasteiger partial charge in [-0.15, -0.1) is 0 Å². The lowest BCUT2D eigenvalue weighted by atomic mass is 10.2. The van der Waals surface area contributed by atoms with Crippen molar-refractivity contribution in [1.82, 2.24) is 0 Å². The van der Waals surface area contributed by atoms with Gasteiger partial charge in [-0.1, -0.05) is 109 Å². The van der Waals surface area contributed by atoms with Crippen LogP contribution in [-0.4, -0.2) is 0 Å². The van der Waals surface area contributed by atoms with E-state index in [9.17, 15) is 0 Å². The minimum absolute atomic E-state index is 0.968. The largest absolute Gasteiger partial charge is 0.116 e. The van der Waals surface area contributed by atoms with E-state index in [1.54, 1.807) is 0 Å². The first-order valence-corrected chi connectivity index (χ1v) is 22.3. The third-order valence-corrected chi connectivity index (χ3v) is 19.9. The first-order valence-electron chi connectivity index (χ1n) is 16.2. The number of rotatable bonds is 10. The van der Waals surface area contributed by atoms with Gasteiger partial charge in [0.05, 0.1) is 12.3 Å². The summed E-state index contributed by atoms with van der Waals surface area (Å²) in [4.78, 5) is 0. The van der Waals surface area contributed by atoms with Crippen LogP contribution in [0.1, 0.15) is 11.1 Å². The Labute approximate surface area is 313 Å². The molecule has 234 valence electrons. The van der Waals surface area contributed by atoms with Gasteiger partial charge in [0.2, 0.25) is 0 Å². The van der Waals surface area contributed by atoms with Crippen molar-refractivity contribution in [3.8, 4) is 0 Å². The van der Waals surface area contributed by atoms with Crippen LogP contribution in [0.2, 0.25) is 0 Å². The third kappa shape index (κ3) is 6.58. The lowest BCUT2D eigenvalue weighted by Gasteiger charge is -2.29. The molecule has 7 rings (SSSR count). The molecule has 0 heterocycles. The highest BCUT2D eigenvalue weighted by Gasteiger charge is 2.47. The molecule has 0 fully saturated rings. The van der Waals surface area contributed by atoms with Crippen molar-refractivity contribution in [1.29, 1.82) is 0 Å². The van der Waals surface area contributed by atoms with E-state index in [0.29, 0.717) is 0 Å². The van der Waals surface area contributed by atoms with Gasteiger partial charge in [0, 0.05) is 18.3 Å². The van der Waals surface area contributed by atoms with E-state index in [4.69, 9.17) is 0 Å². The summed E-state index contributed by atoms with van der Waals surface area (Å²) < 4.78 is 2.67. The van der Waals surface area contributed by atoms with Crippen LogP contribution >= 0.6 is 59.7 Å². The van der Waals surface area contributed by atoms with E-state index in [2.05, 4.69) is 239 Å². The van der Waals surface area contributed by atoms with Crippen LogP contribution in [0.5, 0.6) is 0 Å². The van der Waals surface area contributed by atoms with E-state index in [1.165, 1.54) is 50.1 Å². The van der Waals surface area contributed by atoms with E-state index < -0.39 is 14.5 Å². The smallest absolute Gasteiger partial charge is 0.0620 e. The molecular weight excluding hydrogens is 844 g/mol. The van der Waals surface area contributed by atoms with E-state index in [0.717, 1.165) is 12.3 Å². The molecule has 48 heavy (non-hydrogen) atoms. The standard InChI is InChI=1S/C44H36I2P2/c45-43-32-36(34-48(40-25-13-4-14-26-40,41-27-15-5-16-28-41)42-29-17-6-18-30-42)44(46)31-35(43)33-47(37-19-7-1-8-20-37,38-21-9-2-10-22-38)39-23-11-3-12-24-39/h1-32H,33-34H2/q+2. The molecule has 0 amide bonds. The van der Waals surface area contributed by atoms with Gasteiger partial charge < -0.3 is 0 Å². The maximum absolute atomic E-state index is 2.62. The van der Waals surface area contributed by atoms with Crippen molar-refractivity contribution >= 4 is 91.5 Å². The maximum Gasteiger partial charge on any atom is 0.116 e. The minimum Gasteiger partial charge on any atom is -0.0620 e. The average molecular weight is 881 g/mol. The van der Waals surface area contributed by atoms with Crippen LogP contribution in [0.25, 0.3) is 0 Å². The summed E-state index contributed by atoms with van der Waals surface area (Å²) in [6.07, 6.45) is 1.94. The highest BCUT2D eigenvalue weighted by atomic mass is 127. The van der Waals surface area contributed by atoms with E-state index >= 15 is 0 Å². The third-order valence-electron chi connectivity index (χ3n) is 9.21. The SMILES string of the molecule is Ic1cc(C[P+](c2ccccc2)(c2ccccc2)c2ccccc2)c(I)cc1C[P+](c1ccccc1)(c1ccccc1)c1ccccc1. The monoisotopic (exact) mass is 880 g/mol. The van der Waals surface area contributed by atoms with Gasteiger partial charge in [-0.2, -0.15) is 0 Å². The van der Waals surface area contributed by atoms with Crippen LogP contribution in [0.3, 0.4) is 0 Å². The summed E-state index contributed by atoms with van der Waals surface area (Å²) in [5, 5.41) is 8.50. The molecule has 0 bridgehead atoms. The molecule has 7 aromatic carbocycles. The average Bonchev–Trinajstić information content (AvgIpc) is 3.16.